The van der Waals surface area contributed by atoms with Gasteiger partial charge in [0.2, 0.25) is 10.0 Å². The average Bonchev–Trinajstić information content (AvgIpc) is 2.71. The zero-order chi connectivity index (χ0) is 21.4. The number of nitrogens with zero attached hydrogens (tertiary/aromatic N) is 1. The smallest absolute Gasteiger partial charge is 0.338 e. The molecular weight excluding hydrogens is 392 g/mol. The lowest BCUT2D eigenvalue weighted by atomic mass is 10.1. The monoisotopic (exact) mass is 418 g/mol. The van der Waals surface area contributed by atoms with Crippen LogP contribution in [0.4, 0.5) is 5.69 Å². The Balaban J connectivity index is 1.93. The SMILES string of the molecule is CCCCN(C)S(=O)(=O)c1ccc(NC(=O)COC(=O)c2ccccc2C)cc1. The van der Waals surface area contributed by atoms with Crippen LogP contribution >= 0.6 is 0 Å². The van der Waals surface area contributed by atoms with Crippen LogP contribution in [-0.2, 0) is 19.6 Å². The van der Waals surface area contributed by atoms with E-state index in [1.165, 1.54) is 28.6 Å². The van der Waals surface area contributed by atoms with E-state index in [0.717, 1.165) is 18.4 Å². The van der Waals surface area contributed by atoms with Crippen LogP contribution in [0.5, 0.6) is 0 Å². The molecule has 1 N–H and O–H groups in total. The van der Waals surface area contributed by atoms with Gasteiger partial charge in [-0.1, -0.05) is 31.5 Å². The number of nitrogens with one attached hydrogen (secondary N) is 1. The van der Waals surface area contributed by atoms with Crippen molar-refractivity contribution in [2.24, 2.45) is 0 Å². The highest BCUT2D eigenvalue weighted by molar-refractivity contribution is 7.89. The zero-order valence-electron chi connectivity index (χ0n) is 16.8. The normalized spacial score (nSPS) is 11.3. The van der Waals surface area contributed by atoms with Gasteiger partial charge in [0.25, 0.3) is 5.91 Å². The van der Waals surface area contributed by atoms with Gasteiger partial charge in [-0.3, -0.25) is 4.79 Å². The predicted octanol–water partition coefficient (Wildman–Crippen LogP) is 3.21. The third-order valence-corrected chi connectivity index (χ3v) is 6.24. The summed E-state index contributed by atoms with van der Waals surface area (Å²) in [5.41, 5.74) is 1.58. The fourth-order valence-corrected chi connectivity index (χ4v) is 3.81. The van der Waals surface area contributed by atoms with E-state index in [1.54, 1.807) is 32.2 Å². The van der Waals surface area contributed by atoms with E-state index >= 15 is 0 Å². The van der Waals surface area contributed by atoms with E-state index in [0.29, 0.717) is 17.8 Å². The molecule has 156 valence electrons. The number of ether oxygens (including phenoxy) is 1. The Morgan fingerprint density at radius 1 is 1.07 bits per heavy atom. The van der Waals surface area contributed by atoms with Crippen LogP contribution in [0.15, 0.2) is 53.4 Å². The van der Waals surface area contributed by atoms with Gasteiger partial charge in [0.1, 0.15) is 0 Å². The second-order valence-electron chi connectivity index (χ2n) is 6.64. The maximum atomic E-state index is 12.5. The van der Waals surface area contributed by atoms with Crippen molar-refractivity contribution in [2.45, 2.75) is 31.6 Å². The number of unbranched alkanes of at least 4 members (excludes halogenated alkanes) is 1. The average molecular weight is 419 g/mol. The van der Waals surface area contributed by atoms with Crippen LogP contribution in [0.25, 0.3) is 0 Å². The Hall–Kier alpha value is -2.71. The van der Waals surface area contributed by atoms with Gasteiger partial charge in [-0.25, -0.2) is 17.5 Å². The zero-order valence-corrected chi connectivity index (χ0v) is 17.7. The maximum absolute atomic E-state index is 12.5. The summed E-state index contributed by atoms with van der Waals surface area (Å²) in [4.78, 5) is 24.2. The van der Waals surface area contributed by atoms with E-state index < -0.39 is 28.5 Å². The first kappa shape index (κ1) is 22.6. The minimum absolute atomic E-state index is 0.153. The summed E-state index contributed by atoms with van der Waals surface area (Å²) in [6.45, 7) is 3.79. The number of rotatable bonds is 9. The number of hydrogen-bond acceptors (Lipinski definition) is 5. The minimum Gasteiger partial charge on any atom is -0.452 e. The van der Waals surface area contributed by atoms with Crippen molar-refractivity contribution in [2.75, 3.05) is 25.5 Å². The first-order chi connectivity index (χ1) is 13.8. The van der Waals surface area contributed by atoms with E-state index in [2.05, 4.69) is 5.32 Å². The first-order valence-electron chi connectivity index (χ1n) is 9.34. The molecule has 0 aromatic heterocycles. The van der Waals surface area contributed by atoms with Crippen LogP contribution in [0, 0.1) is 6.92 Å². The van der Waals surface area contributed by atoms with Gasteiger partial charge in [0, 0.05) is 19.3 Å². The molecule has 0 radical (unpaired) electrons. The minimum atomic E-state index is -3.56. The molecule has 0 atom stereocenters. The number of hydrogen-bond donors (Lipinski definition) is 1. The maximum Gasteiger partial charge on any atom is 0.338 e. The Morgan fingerprint density at radius 3 is 2.34 bits per heavy atom. The van der Waals surface area contributed by atoms with Gasteiger partial charge in [0.05, 0.1) is 10.5 Å². The summed E-state index contributed by atoms with van der Waals surface area (Å²) in [5, 5.41) is 2.58. The lowest BCUT2D eigenvalue weighted by Crippen LogP contribution is -2.28. The van der Waals surface area contributed by atoms with Crippen molar-refractivity contribution < 1.29 is 22.7 Å². The summed E-state index contributed by atoms with van der Waals surface area (Å²) in [5.74, 6) is -1.09. The molecule has 0 aliphatic heterocycles. The molecule has 0 saturated carbocycles. The van der Waals surface area contributed by atoms with Gasteiger partial charge in [-0.15, -0.1) is 0 Å². The molecule has 8 heteroatoms. The second-order valence-corrected chi connectivity index (χ2v) is 8.69. The number of carbonyl (C=O) groups is 2. The quantitative estimate of drug-likeness (QED) is 0.631. The van der Waals surface area contributed by atoms with E-state index in [9.17, 15) is 18.0 Å². The molecule has 0 fully saturated rings. The summed E-state index contributed by atoms with van der Waals surface area (Å²) < 4.78 is 31.3. The Bertz CT molecular complexity index is 955. The molecule has 1 amide bonds. The number of esters is 1. The van der Waals surface area contributed by atoms with E-state index in [-0.39, 0.29) is 4.90 Å². The molecule has 2 aromatic carbocycles. The number of anilines is 1. The lowest BCUT2D eigenvalue weighted by Gasteiger charge is -2.17. The van der Waals surface area contributed by atoms with Crippen molar-refractivity contribution >= 4 is 27.6 Å². The molecule has 0 aliphatic rings. The summed E-state index contributed by atoms with van der Waals surface area (Å²) in [6.07, 6.45) is 1.68. The van der Waals surface area contributed by atoms with E-state index in [1.807, 2.05) is 13.0 Å². The third kappa shape index (κ3) is 6.13. The van der Waals surface area contributed by atoms with Crippen molar-refractivity contribution in [1.82, 2.24) is 4.31 Å². The molecule has 2 aromatic rings. The molecule has 0 unspecified atom stereocenters. The molecule has 0 saturated heterocycles. The van der Waals surface area contributed by atoms with Gasteiger partial charge >= 0.3 is 5.97 Å². The number of amides is 1. The number of sulfonamides is 1. The Labute approximate surface area is 171 Å². The first-order valence-corrected chi connectivity index (χ1v) is 10.8. The number of aryl methyl sites for hydroxylation is 1. The van der Waals surface area contributed by atoms with E-state index in [4.69, 9.17) is 4.74 Å². The molecule has 0 bridgehead atoms. The summed E-state index contributed by atoms with van der Waals surface area (Å²) in [7, 11) is -2.02. The van der Waals surface area contributed by atoms with Crippen LogP contribution in [0.3, 0.4) is 0 Å². The lowest BCUT2D eigenvalue weighted by molar-refractivity contribution is -0.119. The summed E-state index contributed by atoms with van der Waals surface area (Å²) >= 11 is 0. The Kier molecular flexibility index (Phi) is 7.92. The fraction of sp³-hybridized carbons (Fsp3) is 0.333. The van der Waals surface area contributed by atoms with Gasteiger partial charge in [-0.2, -0.15) is 0 Å². The van der Waals surface area contributed by atoms with Crippen LogP contribution in [0.1, 0.15) is 35.7 Å². The van der Waals surface area contributed by atoms with Crippen LogP contribution < -0.4 is 5.32 Å². The van der Waals surface area contributed by atoms with Crippen molar-refractivity contribution in [3.8, 4) is 0 Å². The van der Waals surface area contributed by atoms with Gasteiger partial charge in [0.15, 0.2) is 6.61 Å². The number of carbonyl (C=O) groups excluding carboxylic acids is 2. The molecule has 7 nitrogen and oxygen atoms in total. The van der Waals surface area contributed by atoms with Crippen LogP contribution in [-0.4, -0.2) is 44.8 Å². The standard InChI is InChI=1S/C21H26N2O5S/c1-4-5-14-23(3)29(26,27)18-12-10-17(11-13-18)22-20(24)15-28-21(25)19-9-7-6-8-16(19)2/h6-13H,4-5,14-15H2,1-3H3,(H,22,24). The molecule has 2 rings (SSSR count). The second kappa shape index (κ2) is 10.2. The molecule has 0 spiro atoms. The molecular formula is C21H26N2O5S. The van der Waals surface area contributed by atoms with Crippen molar-refractivity contribution in [1.29, 1.82) is 0 Å². The summed E-state index contributed by atoms with van der Waals surface area (Å²) in [6, 6.07) is 12.8. The topological polar surface area (TPSA) is 92.8 Å². The number of benzene rings is 2. The van der Waals surface area contributed by atoms with Crippen molar-refractivity contribution in [3.05, 3.63) is 59.7 Å². The molecule has 29 heavy (non-hydrogen) atoms. The fourth-order valence-electron chi connectivity index (χ4n) is 2.60. The highest BCUT2D eigenvalue weighted by atomic mass is 32.2. The van der Waals surface area contributed by atoms with Crippen molar-refractivity contribution in [3.63, 3.8) is 0 Å². The molecule has 0 heterocycles. The Morgan fingerprint density at radius 2 is 1.72 bits per heavy atom. The highest BCUT2D eigenvalue weighted by Gasteiger charge is 2.20. The highest BCUT2D eigenvalue weighted by Crippen LogP contribution is 2.18. The van der Waals surface area contributed by atoms with Gasteiger partial charge < -0.3 is 10.1 Å². The third-order valence-electron chi connectivity index (χ3n) is 4.37. The van der Waals surface area contributed by atoms with Gasteiger partial charge in [-0.05, 0) is 49.2 Å². The van der Waals surface area contributed by atoms with Crippen LogP contribution in [0.2, 0.25) is 0 Å². The molecule has 0 aliphatic carbocycles. The largest absolute Gasteiger partial charge is 0.452 e. The predicted molar refractivity (Wildman–Crippen MR) is 111 cm³/mol.